The number of aromatic nitrogens is 4. The molecule has 1 atom stereocenters. The van der Waals surface area contributed by atoms with Gasteiger partial charge in [0, 0.05) is 49.0 Å². The van der Waals surface area contributed by atoms with Crippen LogP contribution in [0.3, 0.4) is 0 Å². The first-order chi connectivity index (χ1) is 13.9. The molecule has 1 unspecified atom stereocenters. The van der Waals surface area contributed by atoms with Crippen molar-refractivity contribution in [3.63, 3.8) is 0 Å². The summed E-state index contributed by atoms with van der Waals surface area (Å²) >= 11 is 0. The fourth-order valence-corrected chi connectivity index (χ4v) is 3.47. The first-order valence-corrected chi connectivity index (χ1v) is 9.48. The van der Waals surface area contributed by atoms with E-state index in [1.165, 1.54) is 12.1 Å². The Bertz CT molecular complexity index is 1170. The maximum atomic E-state index is 13.7. The smallest absolute Gasteiger partial charge is 0.273 e. The molecule has 3 heterocycles. The van der Waals surface area contributed by atoms with Gasteiger partial charge in [-0.1, -0.05) is 5.16 Å². The van der Waals surface area contributed by atoms with Gasteiger partial charge in [0.25, 0.3) is 5.91 Å². The van der Waals surface area contributed by atoms with Gasteiger partial charge in [-0.25, -0.2) is 4.39 Å². The number of nitrogens with one attached hydrogen (secondary N) is 1. The monoisotopic (exact) mass is 395 g/mol. The van der Waals surface area contributed by atoms with Gasteiger partial charge >= 0.3 is 0 Å². The van der Waals surface area contributed by atoms with Crippen LogP contribution in [-0.2, 0) is 20.0 Å². The molecule has 29 heavy (non-hydrogen) atoms. The van der Waals surface area contributed by atoms with E-state index in [0.29, 0.717) is 12.2 Å². The molecule has 0 aliphatic heterocycles. The number of hydrogen-bond donors (Lipinski definition) is 1. The Morgan fingerprint density at radius 1 is 1.31 bits per heavy atom. The summed E-state index contributed by atoms with van der Waals surface area (Å²) in [6.45, 7) is 4.64. The summed E-state index contributed by atoms with van der Waals surface area (Å²) in [7, 11) is 1.92. The molecule has 0 aliphatic rings. The van der Waals surface area contributed by atoms with E-state index in [1.807, 2.05) is 37.9 Å². The van der Waals surface area contributed by atoms with Crippen molar-refractivity contribution >= 4 is 16.8 Å². The van der Waals surface area contributed by atoms with E-state index >= 15 is 0 Å². The maximum Gasteiger partial charge on any atom is 0.273 e. The minimum Gasteiger partial charge on any atom is -0.355 e. The molecule has 1 N–H and O–H groups in total. The molecule has 0 spiro atoms. The Balaban J connectivity index is 1.46. The second-order valence-electron chi connectivity index (χ2n) is 7.17. The van der Waals surface area contributed by atoms with Crippen LogP contribution in [0.5, 0.6) is 0 Å². The molecule has 1 amide bonds. The fraction of sp³-hybridized carbons (Fsp3) is 0.286. The average molecular weight is 395 g/mol. The van der Waals surface area contributed by atoms with Crippen molar-refractivity contribution in [1.29, 1.82) is 0 Å². The number of amides is 1. The van der Waals surface area contributed by atoms with Crippen LogP contribution in [0, 0.1) is 5.82 Å². The van der Waals surface area contributed by atoms with Gasteiger partial charge in [-0.15, -0.1) is 0 Å². The Morgan fingerprint density at radius 3 is 2.90 bits per heavy atom. The lowest BCUT2D eigenvalue weighted by molar-refractivity contribution is 0.0931. The molecular weight excluding hydrogens is 373 g/mol. The van der Waals surface area contributed by atoms with Crippen LogP contribution in [0.15, 0.2) is 47.4 Å². The van der Waals surface area contributed by atoms with Crippen LogP contribution in [0.25, 0.3) is 22.2 Å². The van der Waals surface area contributed by atoms with Crippen molar-refractivity contribution in [2.75, 3.05) is 0 Å². The van der Waals surface area contributed by atoms with Gasteiger partial charge in [0.2, 0.25) is 0 Å². The molecule has 3 aromatic heterocycles. The van der Waals surface area contributed by atoms with Crippen LogP contribution < -0.4 is 5.32 Å². The highest BCUT2D eigenvalue weighted by molar-refractivity contribution is 5.93. The van der Waals surface area contributed by atoms with E-state index < -0.39 is 0 Å². The fourth-order valence-electron chi connectivity index (χ4n) is 3.47. The molecular formula is C21H22FN5O2. The van der Waals surface area contributed by atoms with Gasteiger partial charge in [0.1, 0.15) is 5.82 Å². The number of carbonyl (C=O) groups excluding carboxylic acids is 1. The third-order valence-electron chi connectivity index (χ3n) is 4.92. The third-order valence-corrected chi connectivity index (χ3v) is 4.92. The number of aryl methyl sites for hydroxylation is 2. The molecule has 8 heteroatoms. The van der Waals surface area contributed by atoms with E-state index in [9.17, 15) is 9.18 Å². The lowest BCUT2D eigenvalue weighted by atomic mass is 10.1. The molecule has 4 aromatic rings. The first-order valence-electron chi connectivity index (χ1n) is 9.48. The van der Waals surface area contributed by atoms with Crippen LogP contribution >= 0.6 is 0 Å². The number of carbonyl (C=O) groups is 1. The third kappa shape index (κ3) is 3.78. The standard InChI is InChI=1S/C21H22FN5O2/c1-4-27-12-15(10-23-27)20-9-18(25-29-20)21(28)24-13(2)7-14-11-26(3)19-6-5-16(22)8-17(14)19/h5-6,8-13H,4,7H2,1-3H3,(H,24,28). The summed E-state index contributed by atoms with van der Waals surface area (Å²) < 4.78 is 22.7. The summed E-state index contributed by atoms with van der Waals surface area (Å²) in [4.78, 5) is 12.6. The highest BCUT2D eigenvalue weighted by Crippen LogP contribution is 2.23. The highest BCUT2D eigenvalue weighted by atomic mass is 19.1. The van der Waals surface area contributed by atoms with Gasteiger partial charge in [-0.3, -0.25) is 9.48 Å². The Labute approximate surface area is 167 Å². The van der Waals surface area contributed by atoms with Crippen LogP contribution in [0.2, 0.25) is 0 Å². The van der Waals surface area contributed by atoms with Gasteiger partial charge in [0.05, 0.1) is 11.8 Å². The van der Waals surface area contributed by atoms with Crippen molar-refractivity contribution in [3.8, 4) is 11.3 Å². The largest absolute Gasteiger partial charge is 0.355 e. The zero-order chi connectivity index (χ0) is 20.5. The molecule has 0 aliphatic carbocycles. The summed E-state index contributed by atoms with van der Waals surface area (Å²) in [6.07, 6.45) is 6.05. The number of halogens is 1. The number of benzene rings is 1. The molecule has 0 saturated heterocycles. The van der Waals surface area contributed by atoms with Crippen LogP contribution in [0.4, 0.5) is 4.39 Å². The zero-order valence-electron chi connectivity index (χ0n) is 16.5. The van der Waals surface area contributed by atoms with Gasteiger partial charge in [0.15, 0.2) is 11.5 Å². The summed E-state index contributed by atoms with van der Waals surface area (Å²) in [6, 6.07) is 6.17. The van der Waals surface area contributed by atoms with E-state index in [4.69, 9.17) is 4.52 Å². The van der Waals surface area contributed by atoms with Crippen LogP contribution in [-0.4, -0.2) is 31.5 Å². The first kappa shape index (κ1) is 18.9. The van der Waals surface area contributed by atoms with Gasteiger partial charge in [-0.2, -0.15) is 5.10 Å². The van der Waals surface area contributed by atoms with E-state index in [1.54, 1.807) is 23.0 Å². The molecule has 0 bridgehead atoms. The minimum absolute atomic E-state index is 0.167. The summed E-state index contributed by atoms with van der Waals surface area (Å²) in [5, 5.41) is 11.8. The average Bonchev–Trinajstić information content (AvgIpc) is 3.41. The number of hydrogen-bond acceptors (Lipinski definition) is 4. The quantitative estimate of drug-likeness (QED) is 0.542. The molecule has 0 radical (unpaired) electrons. The highest BCUT2D eigenvalue weighted by Gasteiger charge is 2.18. The van der Waals surface area contributed by atoms with Gasteiger partial charge < -0.3 is 14.4 Å². The minimum atomic E-state index is -0.318. The summed E-state index contributed by atoms with van der Waals surface area (Å²) in [5.41, 5.74) is 2.90. The Morgan fingerprint density at radius 2 is 2.14 bits per heavy atom. The topological polar surface area (TPSA) is 77.9 Å². The maximum absolute atomic E-state index is 13.7. The lowest BCUT2D eigenvalue weighted by Gasteiger charge is -2.12. The van der Waals surface area contributed by atoms with Crippen molar-refractivity contribution in [3.05, 3.63) is 59.9 Å². The Kier molecular flexibility index (Phi) is 4.92. The van der Waals surface area contributed by atoms with E-state index in [2.05, 4.69) is 15.6 Å². The van der Waals surface area contributed by atoms with Crippen molar-refractivity contribution < 1.29 is 13.7 Å². The SMILES string of the molecule is CCn1cc(-c2cc(C(=O)NC(C)Cc3cn(C)c4ccc(F)cc34)no2)cn1. The lowest BCUT2D eigenvalue weighted by Crippen LogP contribution is -2.34. The molecule has 4 rings (SSSR count). The van der Waals surface area contributed by atoms with Crippen molar-refractivity contribution in [2.45, 2.75) is 32.9 Å². The normalized spacial score (nSPS) is 12.4. The second-order valence-corrected chi connectivity index (χ2v) is 7.17. The number of fused-ring (bicyclic) bond motifs is 1. The predicted molar refractivity (Wildman–Crippen MR) is 107 cm³/mol. The second kappa shape index (κ2) is 7.54. The molecule has 0 fully saturated rings. The zero-order valence-corrected chi connectivity index (χ0v) is 16.5. The molecule has 0 saturated carbocycles. The molecule has 150 valence electrons. The number of nitrogens with zero attached hydrogens (tertiary/aromatic N) is 4. The molecule has 7 nitrogen and oxygen atoms in total. The van der Waals surface area contributed by atoms with E-state index in [0.717, 1.165) is 28.6 Å². The van der Waals surface area contributed by atoms with Gasteiger partial charge in [-0.05, 0) is 44.0 Å². The van der Waals surface area contributed by atoms with Crippen molar-refractivity contribution in [1.82, 2.24) is 24.8 Å². The van der Waals surface area contributed by atoms with Crippen molar-refractivity contribution in [2.24, 2.45) is 7.05 Å². The number of rotatable bonds is 6. The van der Waals surface area contributed by atoms with Crippen LogP contribution in [0.1, 0.15) is 29.9 Å². The predicted octanol–water partition coefficient (Wildman–Crippen LogP) is 3.55. The summed E-state index contributed by atoms with van der Waals surface area (Å²) in [5.74, 6) is -0.100. The molecule has 1 aromatic carbocycles. The Hall–Kier alpha value is -3.42. The van der Waals surface area contributed by atoms with E-state index in [-0.39, 0.29) is 23.5 Å².